The van der Waals surface area contributed by atoms with Gasteiger partial charge in [0.1, 0.15) is 5.75 Å². The van der Waals surface area contributed by atoms with Crippen molar-refractivity contribution in [1.82, 2.24) is 5.32 Å². The Morgan fingerprint density at radius 2 is 1.08 bits per heavy atom. The van der Waals surface area contributed by atoms with E-state index in [1.54, 1.807) is 28.4 Å². The summed E-state index contributed by atoms with van der Waals surface area (Å²) in [6, 6.07) is 8.21. The molecule has 0 amide bonds. The van der Waals surface area contributed by atoms with E-state index in [1.807, 2.05) is 12.1 Å². The van der Waals surface area contributed by atoms with E-state index in [0.29, 0.717) is 23.8 Å². The lowest BCUT2D eigenvalue weighted by atomic mass is 10.1. The number of hydrogen-bond donors (Lipinski definition) is 1. The highest BCUT2D eigenvalue weighted by molar-refractivity contribution is 5.53. The van der Waals surface area contributed by atoms with E-state index in [1.165, 1.54) is 5.56 Å². The van der Waals surface area contributed by atoms with Crippen molar-refractivity contribution in [3.63, 3.8) is 0 Å². The molecule has 0 heterocycles. The quantitative estimate of drug-likeness (QED) is 0.792. The number of ether oxygens (including phenoxy) is 4. The average molecular weight is 345 g/mol. The zero-order valence-electron chi connectivity index (χ0n) is 15.9. The molecular formula is C20H27NO4. The Morgan fingerprint density at radius 1 is 0.640 bits per heavy atom. The second kappa shape index (κ2) is 8.62. The lowest BCUT2D eigenvalue weighted by Gasteiger charge is -2.15. The molecule has 0 unspecified atom stereocenters. The van der Waals surface area contributed by atoms with Crippen LogP contribution in [0.3, 0.4) is 0 Å². The first-order chi connectivity index (χ1) is 12.0. The Labute approximate surface area is 149 Å². The third-order valence-electron chi connectivity index (χ3n) is 4.11. The summed E-state index contributed by atoms with van der Waals surface area (Å²) in [5, 5.41) is 3.46. The van der Waals surface area contributed by atoms with E-state index in [4.69, 9.17) is 18.9 Å². The average Bonchev–Trinajstić information content (AvgIpc) is 2.60. The topological polar surface area (TPSA) is 49.0 Å². The summed E-state index contributed by atoms with van der Waals surface area (Å²) in [5.74, 6) is 2.88. The summed E-state index contributed by atoms with van der Waals surface area (Å²) in [7, 11) is 6.55. The van der Waals surface area contributed by atoms with Gasteiger partial charge in [-0.05, 0) is 48.2 Å². The second-order valence-electron chi connectivity index (χ2n) is 5.90. The molecule has 136 valence electrons. The van der Waals surface area contributed by atoms with E-state index in [-0.39, 0.29) is 0 Å². The third-order valence-corrected chi connectivity index (χ3v) is 4.11. The summed E-state index contributed by atoms with van der Waals surface area (Å²) in [4.78, 5) is 0. The van der Waals surface area contributed by atoms with Crippen molar-refractivity contribution in [3.8, 4) is 23.0 Å². The van der Waals surface area contributed by atoms with Gasteiger partial charge < -0.3 is 24.3 Å². The van der Waals surface area contributed by atoms with Gasteiger partial charge in [0.05, 0.1) is 28.4 Å². The van der Waals surface area contributed by atoms with Gasteiger partial charge >= 0.3 is 0 Å². The minimum absolute atomic E-state index is 0.607. The maximum absolute atomic E-state index is 5.42. The van der Waals surface area contributed by atoms with Gasteiger partial charge in [0, 0.05) is 13.1 Å². The largest absolute Gasteiger partial charge is 0.496 e. The first-order valence-corrected chi connectivity index (χ1v) is 8.17. The number of rotatable bonds is 8. The highest BCUT2D eigenvalue weighted by Gasteiger charge is 2.13. The summed E-state index contributed by atoms with van der Waals surface area (Å²) in [6.07, 6.45) is 0. The highest BCUT2D eigenvalue weighted by atomic mass is 16.5. The number of hydrogen-bond acceptors (Lipinski definition) is 5. The fraction of sp³-hybridized carbons (Fsp3) is 0.400. The molecule has 5 nitrogen and oxygen atoms in total. The molecule has 2 aromatic rings. The Morgan fingerprint density at radius 3 is 1.48 bits per heavy atom. The van der Waals surface area contributed by atoms with Gasteiger partial charge in [0.25, 0.3) is 0 Å². The van der Waals surface area contributed by atoms with Gasteiger partial charge in [0.15, 0.2) is 11.5 Å². The minimum atomic E-state index is 0.607. The molecule has 0 atom stereocenters. The van der Waals surface area contributed by atoms with Crippen LogP contribution in [0.15, 0.2) is 24.3 Å². The maximum Gasteiger partial charge on any atom is 0.203 e. The molecule has 0 aliphatic heterocycles. The molecule has 0 aliphatic rings. The summed E-state index contributed by atoms with van der Waals surface area (Å²) in [5.41, 5.74) is 4.58. The Kier molecular flexibility index (Phi) is 6.53. The van der Waals surface area contributed by atoms with Crippen LogP contribution in [0.5, 0.6) is 23.0 Å². The van der Waals surface area contributed by atoms with Crippen LogP contribution in [-0.4, -0.2) is 28.4 Å². The molecule has 0 radical (unpaired) electrons. The number of aryl methyl sites for hydroxylation is 2. The van der Waals surface area contributed by atoms with Crippen LogP contribution in [0.25, 0.3) is 0 Å². The number of methoxy groups -OCH3 is 4. The normalized spacial score (nSPS) is 10.5. The van der Waals surface area contributed by atoms with Crippen molar-refractivity contribution >= 4 is 0 Å². The summed E-state index contributed by atoms with van der Waals surface area (Å²) >= 11 is 0. The number of benzene rings is 2. The molecule has 0 spiro atoms. The second-order valence-corrected chi connectivity index (χ2v) is 5.90. The molecule has 2 rings (SSSR count). The van der Waals surface area contributed by atoms with E-state index >= 15 is 0 Å². The SMILES string of the molecule is COc1cc(CNCc2cc(C)c(OC)c(C)c2)cc(OC)c1OC. The fourth-order valence-corrected chi connectivity index (χ4v) is 3.05. The van der Waals surface area contributed by atoms with Crippen molar-refractivity contribution in [3.05, 3.63) is 46.5 Å². The first kappa shape index (κ1) is 18.9. The molecule has 5 heteroatoms. The van der Waals surface area contributed by atoms with Crippen LogP contribution in [0.4, 0.5) is 0 Å². The smallest absolute Gasteiger partial charge is 0.203 e. The maximum atomic E-state index is 5.42. The van der Waals surface area contributed by atoms with E-state index in [0.717, 1.165) is 29.0 Å². The van der Waals surface area contributed by atoms with E-state index < -0.39 is 0 Å². The van der Waals surface area contributed by atoms with Crippen LogP contribution < -0.4 is 24.3 Å². The molecule has 1 N–H and O–H groups in total. The Hall–Kier alpha value is -2.40. The van der Waals surface area contributed by atoms with Crippen molar-refractivity contribution in [2.75, 3.05) is 28.4 Å². The van der Waals surface area contributed by atoms with Gasteiger partial charge in [-0.3, -0.25) is 0 Å². The van der Waals surface area contributed by atoms with Crippen LogP contribution in [-0.2, 0) is 13.1 Å². The molecule has 25 heavy (non-hydrogen) atoms. The predicted molar refractivity (Wildman–Crippen MR) is 99.1 cm³/mol. The van der Waals surface area contributed by atoms with Gasteiger partial charge in [-0.25, -0.2) is 0 Å². The highest BCUT2D eigenvalue weighted by Crippen LogP contribution is 2.38. The number of nitrogens with one attached hydrogen (secondary N) is 1. The fourth-order valence-electron chi connectivity index (χ4n) is 3.05. The van der Waals surface area contributed by atoms with Gasteiger partial charge in [-0.15, -0.1) is 0 Å². The summed E-state index contributed by atoms with van der Waals surface area (Å²) < 4.78 is 21.6. The minimum Gasteiger partial charge on any atom is -0.496 e. The standard InChI is InChI=1S/C20H27NO4/c1-13-7-15(8-14(2)19(13)24-5)11-21-12-16-9-17(22-3)20(25-6)18(10-16)23-4/h7-10,21H,11-12H2,1-6H3. The van der Waals surface area contributed by atoms with Crippen LogP contribution in [0.2, 0.25) is 0 Å². The van der Waals surface area contributed by atoms with Gasteiger partial charge in [-0.1, -0.05) is 12.1 Å². The molecular weight excluding hydrogens is 318 g/mol. The Bertz CT molecular complexity index is 680. The van der Waals surface area contributed by atoms with Gasteiger partial charge in [-0.2, -0.15) is 0 Å². The molecule has 0 aliphatic carbocycles. The van der Waals surface area contributed by atoms with Crippen molar-refractivity contribution in [1.29, 1.82) is 0 Å². The Balaban J connectivity index is 2.09. The van der Waals surface area contributed by atoms with E-state index in [2.05, 4.69) is 31.3 Å². The molecule has 0 aromatic heterocycles. The van der Waals surface area contributed by atoms with Crippen molar-refractivity contribution in [2.45, 2.75) is 26.9 Å². The van der Waals surface area contributed by atoms with Crippen LogP contribution in [0, 0.1) is 13.8 Å². The van der Waals surface area contributed by atoms with Gasteiger partial charge in [0.2, 0.25) is 5.75 Å². The lowest BCUT2D eigenvalue weighted by Crippen LogP contribution is -2.13. The van der Waals surface area contributed by atoms with Crippen LogP contribution >= 0.6 is 0 Å². The lowest BCUT2D eigenvalue weighted by molar-refractivity contribution is 0.323. The van der Waals surface area contributed by atoms with Crippen molar-refractivity contribution in [2.24, 2.45) is 0 Å². The van der Waals surface area contributed by atoms with E-state index in [9.17, 15) is 0 Å². The molecule has 0 saturated carbocycles. The monoisotopic (exact) mass is 345 g/mol. The zero-order chi connectivity index (χ0) is 18.4. The van der Waals surface area contributed by atoms with Crippen molar-refractivity contribution < 1.29 is 18.9 Å². The molecule has 2 aromatic carbocycles. The molecule has 0 fully saturated rings. The first-order valence-electron chi connectivity index (χ1n) is 8.17. The third kappa shape index (κ3) is 4.37. The predicted octanol–water partition coefficient (Wildman–Crippen LogP) is 3.63. The molecule has 0 saturated heterocycles. The summed E-state index contributed by atoms with van der Waals surface area (Å²) in [6.45, 7) is 5.59. The van der Waals surface area contributed by atoms with Crippen LogP contribution in [0.1, 0.15) is 22.3 Å². The zero-order valence-corrected chi connectivity index (χ0v) is 15.9. The molecule has 0 bridgehead atoms.